The molecule has 5 heteroatoms. The zero-order valence-corrected chi connectivity index (χ0v) is 7.98. The van der Waals surface area contributed by atoms with Gasteiger partial charge in [0.2, 0.25) is 0 Å². The number of hydrogen-bond acceptors (Lipinski definition) is 3. The molecular formula is C6H5BrClNO2. The van der Waals surface area contributed by atoms with Crippen LogP contribution in [-0.2, 0) is 0 Å². The monoisotopic (exact) mass is 237 g/mol. The highest BCUT2D eigenvalue weighted by molar-refractivity contribution is 9.10. The molecule has 0 spiro atoms. The minimum atomic E-state index is 0.00579. The summed E-state index contributed by atoms with van der Waals surface area (Å²) in [7, 11) is 1.45. The molecule has 1 aromatic rings. The van der Waals surface area contributed by atoms with Crippen LogP contribution in [0.25, 0.3) is 0 Å². The smallest absolute Gasteiger partial charge is 0.172 e. The predicted octanol–water partition coefficient (Wildman–Crippen LogP) is 2.21. The molecule has 0 fully saturated rings. The van der Waals surface area contributed by atoms with E-state index in [1.165, 1.54) is 13.2 Å². The zero-order valence-electron chi connectivity index (χ0n) is 5.64. The third-order valence-electron chi connectivity index (χ3n) is 1.10. The normalized spacial score (nSPS) is 9.73. The molecule has 1 aromatic heterocycles. The maximum Gasteiger partial charge on any atom is 0.172 e. The van der Waals surface area contributed by atoms with E-state index in [9.17, 15) is 0 Å². The largest absolute Gasteiger partial charge is 0.505 e. The third kappa shape index (κ3) is 1.75. The average molecular weight is 238 g/mol. The van der Waals surface area contributed by atoms with Crippen molar-refractivity contribution in [1.29, 1.82) is 0 Å². The first kappa shape index (κ1) is 8.62. The van der Waals surface area contributed by atoms with Gasteiger partial charge in [0.1, 0.15) is 4.60 Å². The van der Waals surface area contributed by atoms with Crippen molar-refractivity contribution in [2.45, 2.75) is 0 Å². The number of pyridine rings is 1. The van der Waals surface area contributed by atoms with Crippen LogP contribution in [0, 0.1) is 0 Å². The van der Waals surface area contributed by atoms with E-state index in [2.05, 4.69) is 20.9 Å². The molecule has 0 saturated heterocycles. The molecule has 0 amide bonds. The maximum absolute atomic E-state index is 9.11. The van der Waals surface area contributed by atoms with Gasteiger partial charge in [-0.05, 0) is 15.9 Å². The molecule has 0 aliphatic carbocycles. The zero-order chi connectivity index (χ0) is 8.43. The molecule has 0 atom stereocenters. The molecular weight excluding hydrogens is 233 g/mol. The fourth-order valence-electron chi connectivity index (χ4n) is 0.585. The van der Waals surface area contributed by atoms with Gasteiger partial charge < -0.3 is 9.84 Å². The predicted molar refractivity (Wildman–Crippen MR) is 45.2 cm³/mol. The Balaban J connectivity index is 3.21. The summed E-state index contributed by atoms with van der Waals surface area (Å²) in [4.78, 5) is 3.75. The molecule has 0 saturated carbocycles. The highest BCUT2D eigenvalue weighted by Gasteiger charge is 2.06. The molecule has 1 rings (SSSR count). The van der Waals surface area contributed by atoms with Gasteiger partial charge in [0, 0.05) is 6.07 Å². The molecule has 0 aliphatic rings. The van der Waals surface area contributed by atoms with E-state index < -0.39 is 0 Å². The van der Waals surface area contributed by atoms with Gasteiger partial charge in [-0.3, -0.25) is 0 Å². The lowest BCUT2D eigenvalue weighted by Gasteiger charge is -2.02. The number of aromatic hydroxyl groups is 1. The summed E-state index contributed by atoms with van der Waals surface area (Å²) in [6.45, 7) is 0. The molecule has 1 N–H and O–H groups in total. The van der Waals surface area contributed by atoms with Crippen molar-refractivity contribution in [1.82, 2.24) is 4.98 Å². The van der Waals surface area contributed by atoms with E-state index in [-0.39, 0.29) is 10.9 Å². The summed E-state index contributed by atoms with van der Waals surface area (Å²) < 4.78 is 5.11. The summed E-state index contributed by atoms with van der Waals surface area (Å²) in [5.74, 6) is 0.360. The lowest BCUT2D eigenvalue weighted by Crippen LogP contribution is -1.87. The molecule has 60 valence electrons. The Kier molecular flexibility index (Phi) is 2.57. The van der Waals surface area contributed by atoms with E-state index in [1.807, 2.05) is 0 Å². The first-order valence-corrected chi connectivity index (χ1v) is 3.91. The third-order valence-corrected chi connectivity index (χ3v) is 1.95. The number of nitrogens with zero attached hydrogens (tertiary/aromatic N) is 1. The minimum absolute atomic E-state index is 0.00579. The average Bonchev–Trinajstić information content (AvgIpc) is 1.97. The summed E-state index contributed by atoms with van der Waals surface area (Å²) in [5.41, 5.74) is 0. The Hall–Kier alpha value is -0.480. The van der Waals surface area contributed by atoms with E-state index >= 15 is 0 Å². The topological polar surface area (TPSA) is 42.4 Å². The van der Waals surface area contributed by atoms with Crippen LogP contribution in [0.1, 0.15) is 0 Å². The first-order valence-electron chi connectivity index (χ1n) is 2.74. The highest BCUT2D eigenvalue weighted by atomic mass is 79.9. The molecule has 3 nitrogen and oxygen atoms in total. The van der Waals surface area contributed by atoms with Crippen LogP contribution in [0.2, 0.25) is 5.15 Å². The minimum Gasteiger partial charge on any atom is -0.505 e. The SMILES string of the molecule is COc1cc(O)c(Br)nc1Cl. The molecule has 0 radical (unpaired) electrons. The molecule has 1 heterocycles. The standard InChI is InChI=1S/C6H5BrClNO2/c1-11-4-2-3(10)5(7)9-6(4)8/h2,10H,1H3. The fourth-order valence-corrected chi connectivity index (χ4v) is 1.20. The lowest BCUT2D eigenvalue weighted by atomic mass is 10.4. The highest BCUT2D eigenvalue weighted by Crippen LogP contribution is 2.31. The molecule has 0 aromatic carbocycles. The fraction of sp³-hybridized carbons (Fsp3) is 0.167. The quantitative estimate of drug-likeness (QED) is 0.763. The molecule has 0 unspecified atom stereocenters. The number of hydrogen-bond donors (Lipinski definition) is 1. The van der Waals surface area contributed by atoms with E-state index in [4.69, 9.17) is 21.4 Å². The second-order valence-corrected chi connectivity index (χ2v) is 2.90. The van der Waals surface area contributed by atoms with Gasteiger partial charge in [-0.25, -0.2) is 4.98 Å². The van der Waals surface area contributed by atoms with Crippen molar-refractivity contribution < 1.29 is 9.84 Å². The Labute approximate surface area is 77.1 Å². The molecule has 0 aliphatic heterocycles. The van der Waals surface area contributed by atoms with Crippen LogP contribution in [0.15, 0.2) is 10.7 Å². The van der Waals surface area contributed by atoms with Gasteiger partial charge in [-0.2, -0.15) is 0 Å². The van der Waals surface area contributed by atoms with Crippen molar-refractivity contribution >= 4 is 27.5 Å². The molecule has 11 heavy (non-hydrogen) atoms. The lowest BCUT2D eigenvalue weighted by molar-refractivity contribution is 0.404. The van der Waals surface area contributed by atoms with Crippen molar-refractivity contribution in [3.05, 3.63) is 15.8 Å². The number of halogens is 2. The van der Waals surface area contributed by atoms with Gasteiger partial charge in [0.15, 0.2) is 16.7 Å². The van der Waals surface area contributed by atoms with Crippen LogP contribution >= 0.6 is 27.5 Å². The summed E-state index contributed by atoms with van der Waals surface area (Å²) in [6, 6.07) is 1.39. The van der Waals surface area contributed by atoms with Crippen LogP contribution in [0.3, 0.4) is 0 Å². The first-order chi connectivity index (χ1) is 5.15. The Bertz CT molecular complexity index is 280. The van der Waals surface area contributed by atoms with Crippen molar-refractivity contribution in [2.24, 2.45) is 0 Å². The van der Waals surface area contributed by atoms with Crippen LogP contribution < -0.4 is 4.74 Å². The Morgan fingerprint density at radius 2 is 2.36 bits per heavy atom. The van der Waals surface area contributed by atoms with Crippen LogP contribution in [-0.4, -0.2) is 17.2 Å². The van der Waals surface area contributed by atoms with Crippen molar-refractivity contribution in [2.75, 3.05) is 7.11 Å². The van der Waals surface area contributed by atoms with Gasteiger partial charge >= 0.3 is 0 Å². The van der Waals surface area contributed by atoms with E-state index in [0.29, 0.717) is 10.4 Å². The summed E-state index contributed by atoms with van der Waals surface area (Å²) in [6.07, 6.45) is 0. The summed E-state index contributed by atoms with van der Waals surface area (Å²) >= 11 is 8.63. The van der Waals surface area contributed by atoms with Gasteiger partial charge in [-0.15, -0.1) is 0 Å². The van der Waals surface area contributed by atoms with Crippen molar-refractivity contribution in [3.8, 4) is 11.5 Å². The van der Waals surface area contributed by atoms with Gasteiger partial charge in [0.25, 0.3) is 0 Å². The van der Waals surface area contributed by atoms with E-state index in [1.54, 1.807) is 0 Å². The van der Waals surface area contributed by atoms with E-state index in [0.717, 1.165) is 0 Å². The van der Waals surface area contributed by atoms with Crippen LogP contribution in [0.4, 0.5) is 0 Å². The van der Waals surface area contributed by atoms with Gasteiger partial charge in [0.05, 0.1) is 7.11 Å². The summed E-state index contributed by atoms with van der Waals surface area (Å²) in [5, 5.41) is 9.33. The number of ether oxygens (including phenoxy) is 1. The van der Waals surface area contributed by atoms with Crippen LogP contribution in [0.5, 0.6) is 11.5 Å². The van der Waals surface area contributed by atoms with Crippen molar-refractivity contribution in [3.63, 3.8) is 0 Å². The second kappa shape index (κ2) is 3.28. The maximum atomic E-state index is 9.11. The van der Waals surface area contributed by atoms with Gasteiger partial charge in [-0.1, -0.05) is 11.6 Å². The number of methoxy groups -OCH3 is 1. The Morgan fingerprint density at radius 3 is 2.91 bits per heavy atom. The molecule has 0 bridgehead atoms. The Morgan fingerprint density at radius 1 is 1.73 bits per heavy atom. The second-order valence-electron chi connectivity index (χ2n) is 1.79. The number of rotatable bonds is 1. The number of aromatic nitrogens is 1.